The molecule has 2 aromatic carbocycles. The quantitative estimate of drug-likeness (QED) is 0.153. The normalized spacial score (nSPS) is 11.6. The molecule has 0 aliphatic heterocycles. The van der Waals surface area contributed by atoms with Gasteiger partial charge in [-0.05, 0) is 61.9 Å². The molecule has 0 N–H and O–H groups in total. The minimum atomic E-state index is -0.478. The molecule has 2 aromatic rings. The fourth-order valence-corrected chi connectivity index (χ4v) is 2.92. The van der Waals surface area contributed by atoms with Crippen molar-refractivity contribution in [3.63, 3.8) is 0 Å². The van der Waals surface area contributed by atoms with Crippen molar-refractivity contribution in [2.24, 2.45) is 0 Å². The highest BCUT2D eigenvalue weighted by Gasteiger charge is 2.12. The molecule has 2 rings (SSSR count). The van der Waals surface area contributed by atoms with Crippen molar-refractivity contribution in [1.82, 2.24) is 0 Å². The first-order chi connectivity index (χ1) is 15.0. The van der Waals surface area contributed by atoms with Crippen molar-refractivity contribution in [2.45, 2.75) is 57.7 Å². The highest BCUT2D eigenvalue weighted by molar-refractivity contribution is 6.20. The second kappa shape index (κ2) is 13.7. The molecule has 0 saturated carbocycles. The number of carbonyl (C=O) groups excluding carboxylic acids is 2. The monoisotopic (exact) mass is 446 g/mol. The molecule has 0 amide bonds. The van der Waals surface area contributed by atoms with Crippen LogP contribution in [0.1, 0.15) is 73.1 Å². The molecule has 0 aliphatic rings. The molecule has 0 radical (unpaired) electrons. The molecular weight excluding hydrogens is 416 g/mol. The van der Waals surface area contributed by atoms with Gasteiger partial charge >= 0.3 is 11.9 Å². The standard InChI is InChI=1S/C25H31ClO5/c1-3-4-5-6-7-8-17-29-22-13-9-21(10-14-22)25(28)31-23-15-11-20(12-16-23)24(27)30-18-19(2)26/h9-16,19H,3-8,17-18H2,1-2H3/t19-/m1/s1. The smallest absolute Gasteiger partial charge is 0.343 e. The van der Waals surface area contributed by atoms with Crippen LogP contribution in [0.2, 0.25) is 0 Å². The van der Waals surface area contributed by atoms with Crippen molar-refractivity contribution in [1.29, 1.82) is 0 Å². The van der Waals surface area contributed by atoms with Crippen LogP contribution in [-0.4, -0.2) is 30.5 Å². The third kappa shape index (κ3) is 9.43. The van der Waals surface area contributed by atoms with E-state index in [1.807, 2.05) is 0 Å². The summed E-state index contributed by atoms with van der Waals surface area (Å²) in [6.45, 7) is 4.76. The Balaban J connectivity index is 1.77. The summed E-state index contributed by atoms with van der Waals surface area (Å²) < 4.78 is 16.2. The lowest BCUT2D eigenvalue weighted by molar-refractivity contribution is 0.0508. The Morgan fingerprint density at radius 2 is 1.35 bits per heavy atom. The van der Waals surface area contributed by atoms with E-state index in [0.29, 0.717) is 23.5 Å². The Hall–Kier alpha value is -2.53. The van der Waals surface area contributed by atoms with Crippen LogP contribution >= 0.6 is 11.6 Å². The number of alkyl halides is 1. The Bertz CT molecular complexity index is 800. The van der Waals surface area contributed by atoms with Gasteiger partial charge in [0, 0.05) is 0 Å². The second-order valence-electron chi connectivity index (χ2n) is 7.43. The van der Waals surface area contributed by atoms with E-state index < -0.39 is 11.9 Å². The molecule has 6 heteroatoms. The molecule has 0 fully saturated rings. The van der Waals surface area contributed by atoms with Gasteiger partial charge in [-0.3, -0.25) is 0 Å². The third-order valence-electron chi connectivity index (χ3n) is 4.60. The lowest BCUT2D eigenvalue weighted by Crippen LogP contribution is -2.12. The topological polar surface area (TPSA) is 61.8 Å². The molecule has 0 spiro atoms. The van der Waals surface area contributed by atoms with E-state index in [-0.39, 0.29) is 12.0 Å². The van der Waals surface area contributed by atoms with Crippen molar-refractivity contribution in [3.8, 4) is 11.5 Å². The largest absolute Gasteiger partial charge is 0.494 e. The average molecular weight is 447 g/mol. The van der Waals surface area contributed by atoms with E-state index in [2.05, 4.69) is 6.92 Å². The predicted octanol–water partition coefficient (Wildman–Crippen LogP) is 6.43. The van der Waals surface area contributed by atoms with Crippen LogP contribution in [0, 0.1) is 0 Å². The number of carbonyl (C=O) groups is 2. The molecule has 168 valence electrons. The fourth-order valence-electron chi connectivity index (χ4n) is 2.86. The fraction of sp³-hybridized carbons (Fsp3) is 0.440. The molecule has 0 heterocycles. The highest BCUT2D eigenvalue weighted by atomic mass is 35.5. The van der Waals surface area contributed by atoms with Gasteiger partial charge in [-0.2, -0.15) is 0 Å². The zero-order chi connectivity index (χ0) is 22.5. The second-order valence-corrected chi connectivity index (χ2v) is 8.18. The summed E-state index contributed by atoms with van der Waals surface area (Å²) in [6, 6.07) is 13.1. The summed E-state index contributed by atoms with van der Waals surface area (Å²) in [4.78, 5) is 24.2. The number of hydrogen-bond donors (Lipinski definition) is 0. The zero-order valence-corrected chi connectivity index (χ0v) is 19.0. The molecule has 0 aromatic heterocycles. The van der Waals surface area contributed by atoms with Crippen LogP contribution in [-0.2, 0) is 4.74 Å². The van der Waals surface area contributed by atoms with E-state index in [0.717, 1.165) is 12.2 Å². The average Bonchev–Trinajstić information content (AvgIpc) is 2.77. The van der Waals surface area contributed by atoms with E-state index in [4.69, 9.17) is 25.8 Å². The Labute approximate surface area is 189 Å². The Kier molecular flexibility index (Phi) is 10.9. The van der Waals surface area contributed by atoms with Gasteiger partial charge < -0.3 is 14.2 Å². The Morgan fingerprint density at radius 3 is 1.97 bits per heavy atom. The number of hydrogen-bond acceptors (Lipinski definition) is 5. The van der Waals surface area contributed by atoms with Gasteiger partial charge in [-0.1, -0.05) is 39.0 Å². The number of unbranched alkanes of at least 4 members (excludes halogenated alkanes) is 5. The van der Waals surface area contributed by atoms with Crippen molar-refractivity contribution in [3.05, 3.63) is 59.7 Å². The summed E-state index contributed by atoms with van der Waals surface area (Å²) in [5.74, 6) is 0.130. The highest BCUT2D eigenvalue weighted by Crippen LogP contribution is 2.18. The molecule has 1 atom stereocenters. The van der Waals surface area contributed by atoms with Gasteiger partial charge in [-0.25, -0.2) is 9.59 Å². The Morgan fingerprint density at radius 1 is 0.806 bits per heavy atom. The SMILES string of the molecule is CCCCCCCCOc1ccc(C(=O)Oc2ccc(C(=O)OC[C@@H](C)Cl)cc2)cc1. The van der Waals surface area contributed by atoms with E-state index in [9.17, 15) is 9.59 Å². The summed E-state index contributed by atoms with van der Waals surface area (Å²) in [6.07, 6.45) is 7.28. The minimum absolute atomic E-state index is 0.135. The lowest BCUT2D eigenvalue weighted by atomic mass is 10.1. The van der Waals surface area contributed by atoms with Crippen LogP contribution in [0.25, 0.3) is 0 Å². The minimum Gasteiger partial charge on any atom is -0.494 e. The van der Waals surface area contributed by atoms with E-state index in [1.165, 1.54) is 32.1 Å². The first kappa shape index (κ1) is 24.7. The van der Waals surface area contributed by atoms with Crippen molar-refractivity contribution in [2.75, 3.05) is 13.2 Å². The molecule has 0 aliphatic carbocycles. The zero-order valence-electron chi connectivity index (χ0n) is 18.3. The van der Waals surface area contributed by atoms with Crippen LogP contribution in [0.5, 0.6) is 11.5 Å². The van der Waals surface area contributed by atoms with Gasteiger partial charge in [-0.15, -0.1) is 11.6 Å². The first-order valence-corrected chi connectivity index (χ1v) is 11.3. The number of esters is 2. The van der Waals surface area contributed by atoms with Crippen LogP contribution in [0.4, 0.5) is 0 Å². The number of ether oxygens (including phenoxy) is 3. The van der Waals surface area contributed by atoms with Crippen LogP contribution in [0.15, 0.2) is 48.5 Å². The molecule has 0 saturated heterocycles. The molecule has 0 bridgehead atoms. The maximum absolute atomic E-state index is 12.3. The molecule has 5 nitrogen and oxygen atoms in total. The third-order valence-corrected chi connectivity index (χ3v) is 4.73. The number of halogens is 1. The molecule has 0 unspecified atom stereocenters. The summed E-state index contributed by atoms with van der Waals surface area (Å²) in [7, 11) is 0. The number of benzene rings is 2. The van der Waals surface area contributed by atoms with E-state index >= 15 is 0 Å². The van der Waals surface area contributed by atoms with Gasteiger partial charge in [0.15, 0.2) is 0 Å². The van der Waals surface area contributed by atoms with Crippen LogP contribution < -0.4 is 9.47 Å². The van der Waals surface area contributed by atoms with Crippen LogP contribution in [0.3, 0.4) is 0 Å². The maximum Gasteiger partial charge on any atom is 0.343 e. The summed E-state index contributed by atoms with van der Waals surface area (Å²) in [5, 5.41) is -0.253. The lowest BCUT2D eigenvalue weighted by Gasteiger charge is -2.08. The van der Waals surface area contributed by atoms with E-state index in [1.54, 1.807) is 55.5 Å². The van der Waals surface area contributed by atoms with Gasteiger partial charge in [0.1, 0.15) is 18.1 Å². The summed E-state index contributed by atoms with van der Waals surface area (Å²) >= 11 is 5.77. The van der Waals surface area contributed by atoms with Gasteiger partial charge in [0.2, 0.25) is 0 Å². The first-order valence-electron chi connectivity index (χ1n) is 10.9. The molecule has 31 heavy (non-hydrogen) atoms. The number of rotatable bonds is 13. The maximum atomic E-state index is 12.3. The summed E-state index contributed by atoms with van der Waals surface area (Å²) in [5.41, 5.74) is 0.787. The van der Waals surface area contributed by atoms with Gasteiger partial charge in [0.25, 0.3) is 0 Å². The predicted molar refractivity (Wildman–Crippen MR) is 122 cm³/mol. The van der Waals surface area contributed by atoms with Gasteiger partial charge in [0.05, 0.1) is 23.1 Å². The molecular formula is C25H31ClO5. The van der Waals surface area contributed by atoms with Crippen molar-refractivity contribution >= 4 is 23.5 Å². The van der Waals surface area contributed by atoms with Crippen molar-refractivity contribution < 1.29 is 23.8 Å².